The standard InChI is InChI=1S/C8H19NO2/c1-8(2,4-5-9)11-7-6-10-3/h4-7,9H2,1-3H3. The molecule has 0 rings (SSSR count). The highest BCUT2D eigenvalue weighted by Crippen LogP contribution is 2.12. The lowest BCUT2D eigenvalue weighted by atomic mass is 10.1. The fraction of sp³-hybridized carbons (Fsp3) is 1.00. The van der Waals surface area contributed by atoms with Crippen molar-refractivity contribution < 1.29 is 9.47 Å². The van der Waals surface area contributed by atoms with E-state index in [1.165, 1.54) is 0 Å². The summed E-state index contributed by atoms with van der Waals surface area (Å²) in [5.74, 6) is 0. The third-order valence-corrected chi connectivity index (χ3v) is 1.53. The second-order valence-electron chi connectivity index (χ2n) is 3.14. The van der Waals surface area contributed by atoms with Gasteiger partial charge in [0.15, 0.2) is 0 Å². The predicted molar refractivity (Wildman–Crippen MR) is 45.6 cm³/mol. The number of methoxy groups -OCH3 is 1. The molecule has 0 aromatic carbocycles. The highest BCUT2D eigenvalue weighted by Gasteiger charge is 2.16. The quantitative estimate of drug-likeness (QED) is 0.585. The topological polar surface area (TPSA) is 44.5 Å². The van der Waals surface area contributed by atoms with E-state index in [4.69, 9.17) is 15.2 Å². The summed E-state index contributed by atoms with van der Waals surface area (Å²) < 4.78 is 10.4. The van der Waals surface area contributed by atoms with Gasteiger partial charge in [-0.15, -0.1) is 0 Å². The Bertz CT molecular complexity index is 94.1. The molecular formula is C8H19NO2. The molecule has 11 heavy (non-hydrogen) atoms. The SMILES string of the molecule is COCCOC(C)(C)CCN. The third-order valence-electron chi connectivity index (χ3n) is 1.53. The van der Waals surface area contributed by atoms with Crippen molar-refractivity contribution in [3.63, 3.8) is 0 Å². The van der Waals surface area contributed by atoms with E-state index in [-0.39, 0.29) is 5.60 Å². The van der Waals surface area contributed by atoms with Crippen LogP contribution in [0.2, 0.25) is 0 Å². The van der Waals surface area contributed by atoms with Crippen LogP contribution >= 0.6 is 0 Å². The molecule has 0 heterocycles. The van der Waals surface area contributed by atoms with E-state index in [9.17, 15) is 0 Å². The summed E-state index contributed by atoms with van der Waals surface area (Å²) in [6.45, 7) is 6.03. The lowest BCUT2D eigenvalue weighted by Gasteiger charge is -2.24. The Labute approximate surface area is 68.9 Å². The molecule has 0 aromatic heterocycles. The van der Waals surface area contributed by atoms with Crippen LogP contribution in [0.1, 0.15) is 20.3 Å². The van der Waals surface area contributed by atoms with Gasteiger partial charge in [0.1, 0.15) is 0 Å². The van der Waals surface area contributed by atoms with Crippen molar-refractivity contribution in [2.45, 2.75) is 25.9 Å². The third kappa shape index (κ3) is 6.28. The van der Waals surface area contributed by atoms with Crippen LogP contribution in [0, 0.1) is 0 Å². The maximum atomic E-state index is 5.51. The van der Waals surface area contributed by atoms with E-state index in [0.29, 0.717) is 19.8 Å². The predicted octanol–water partition coefficient (Wildman–Crippen LogP) is 0.777. The number of hydrogen-bond donors (Lipinski definition) is 1. The molecule has 68 valence electrons. The molecule has 0 saturated heterocycles. The van der Waals surface area contributed by atoms with Crippen LogP contribution in [-0.4, -0.2) is 32.5 Å². The van der Waals surface area contributed by atoms with Crippen molar-refractivity contribution in [1.82, 2.24) is 0 Å². The smallest absolute Gasteiger partial charge is 0.0707 e. The van der Waals surface area contributed by atoms with E-state index < -0.39 is 0 Å². The number of hydrogen-bond acceptors (Lipinski definition) is 3. The van der Waals surface area contributed by atoms with E-state index in [1.807, 2.05) is 13.8 Å². The Hall–Kier alpha value is -0.120. The minimum absolute atomic E-state index is 0.104. The summed E-state index contributed by atoms with van der Waals surface area (Å²) in [7, 11) is 1.67. The van der Waals surface area contributed by atoms with Gasteiger partial charge in [0.2, 0.25) is 0 Å². The van der Waals surface area contributed by atoms with E-state index in [1.54, 1.807) is 7.11 Å². The monoisotopic (exact) mass is 161 g/mol. The second kappa shape index (κ2) is 5.52. The van der Waals surface area contributed by atoms with Crippen LogP contribution in [0.15, 0.2) is 0 Å². The first-order valence-corrected chi connectivity index (χ1v) is 3.95. The van der Waals surface area contributed by atoms with Gasteiger partial charge in [0.25, 0.3) is 0 Å². The Kier molecular flexibility index (Phi) is 5.46. The van der Waals surface area contributed by atoms with E-state index >= 15 is 0 Å². The van der Waals surface area contributed by atoms with E-state index in [0.717, 1.165) is 6.42 Å². The van der Waals surface area contributed by atoms with Crippen LogP contribution in [-0.2, 0) is 9.47 Å². The lowest BCUT2D eigenvalue weighted by molar-refractivity contribution is -0.0423. The Morgan fingerprint density at radius 1 is 1.27 bits per heavy atom. The number of ether oxygens (including phenoxy) is 2. The molecule has 0 aliphatic heterocycles. The van der Waals surface area contributed by atoms with Crippen molar-refractivity contribution in [2.75, 3.05) is 26.9 Å². The van der Waals surface area contributed by atoms with Gasteiger partial charge in [0, 0.05) is 7.11 Å². The zero-order valence-electron chi connectivity index (χ0n) is 7.72. The zero-order valence-corrected chi connectivity index (χ0v) is 7.72. The van der Waals surface area contributed by atoms with Crippen molar-refractivity contribution in [3.8, 4) is 0 Å². The molecular weight excluding hydrogens is 142 g/mol. The van der Waals surface area contributed by atoms with Crippen molar-refractivity contribution in [1.29, 1.82) is 0 Å². The largest absolute Gasteiger partial charge is 0.382 e. The molecule has 0 aliphatic carbocycles. The highest BCUT2D eigenvalue weighted by molar-refractivity contribution is 4.68. The molecule has 0 amide bonds. The summed E-state index contributed by atoms with van der Waals surface area (Å²) in [6, 6.07) is 0. The minimum Gasteiger partial charge on any atom is -0.382 e. The Morgan fingerprint density at radius 3 is 2.36 bits per heavy atom. The average molecular weight is 161 g/mol. The maximum Gasteiger partial charge on any atom is 0.0707 e. The van der Waals surface area contributed by atoms with Crippen molar-refractivity contribution >= 4 is 0 Å². The van der Waals surface area contributed by atoms with Crippen LogP contribution in [0.3, 0.4) is 0 Å². The van der Waals surface area contributed by atoms with Gasteiger partial charge in [-0.25, -0.2) is 0 Å². The normalized spacial score (nSPS) is 12.0. The molecule has 0 atom stereocenters. The number of rotatable bonds is 6. The summed E-state index contributed by atoms with van der Waals surface area (Å²) >= 11 is 0. The van der Waals surface area contributed by atoms with Gasteiger partial charge in [-0.05, 0) is 26.8 Å². The second-order valence-corrected chi connectivity index (χ2v) is 3.14. The first kappa shape index (κ1) is 10.9. The van der Waals surface area contributed by atoms with Crippen LogP contribution in [0.5, 0.6) is 0 Å². The van der Waals surface area contributed by atoms with Crippen molar-refractivity contribution in [2.24, 2.45) is 5.73 Å². The fourth-order valence-corrected chi connectivity index (χ4v) is 0.821. The molecule has 0 bridgehead atoms. The summed E-state index contributed by atoms with van der Waals surface area (Å²) in [4.78, 5) is 0. The Balaban J connectivity index is 3.38. The molecule has 0 saturated carbocycles. The molecule has 0 spiro atoms. The molecule has 0 aliphatic rings. The highest BCUT2D eigenvalue weighted by atomic mass is 16.5. The molecule has 3 heteroatoms. The van der Waals surface area contributed by atoms with Gasteiger partial charge in [-0.2, -0.15) is 0 Å². The van der Waals surface area contributed by atoms with Crippen LogP contribution in [0.4, 0.5) is 0 Å². The average Bonchev–Trinajstić information content (AvgIpc) is 1.87. The summed E-state index contributed by atoms with van der Waals surface area (Å²) in [5.41, 5.74) is 5.30. The molecule has 0 unspecified atom stereocenters. The zero-order chi connectivity index (χ0) is 8.74. The lowest BCUT2D eigenvalue weighted by Crippen LogP contribution is -2.29. The van der Waals surface area contributed by atoms with Gasteiger partial charge >= 0.3 is 0 Å². The molecule has 0 radical (unpaired) electrons. The molecule has 3 nitrogen and oxygen atoms in total. The van der Waals surface area contributed by atoms with Crippen LogP contribution < -0.4 is 5.73 Å². The first-order valence-electron chi connectivity index (χ1n) is 3.95. The van der Waals surface area contributed by atoms with Gasteiger partial charge in [-0.1, -0.05) is 0 Å². The minimum atomic E-state index is -0.104. The van der Waals surface area contributed by atoms with Crippen LogP contribution in [0.25, 0.3) is 0 Å². The first-order chi connectivity index (χ1) is 5.12. The van der Waals surface area contributed by atoms with E-state index in [2.05, 4.69) is 0 Å². The fourth-order valence-electron chi connectivity index (χ4n) is 0.821. The molecule has 0 aromatic rings. The van der Waals surface area contributed by atoms with Gasteiger partial charge in [0.05, 0.1) is 18.8 Å². The summed E-state index contributed by atoms with van der Waals surface area (Å²) in [5, 5.41) is 0. The Morgan fingerprint density at radius 2 is 1.91 bits per heavy atom. The maximum absolute atomic E-state index is 5.51. The van der Waals surface area contributed by atoms with Crippen molar-refractivity contribution in [3.05, 3.63) is 0 Å². The molecule has 0 fully saturated rings. The summed E-state index contributed by atoms with van der Waals surface area (Å²) in [6.07, 6.45) is 0.886. The van der Waals surface area contributed by atoms with Gasteiger partial charge in [-0.3, -0.25) is 0 Å². The number of nitrogens with two attached hydrogens (primary N) is 1. The molecule has 2 N–H and O–H groups in total. The van der Waals surface area contributed by atoms with Gasteiger partial charge < -0.3 is 15.2 Å².